The molecule has 0 amide bonds. The summed E-state index contributed by atoms with van der Waals surface area (Å²) < 4.78 is 4.72. The van der Waals surface area contributed by atoms with Crippen molar-refractivity contribution in [2.75, 3.05) is 6.61 Å². The first-order chi connectivity index (χ1) is 8.70. The molecular weight excluding hydrogens is 228 g/mol. The Morgan fingerprint density at radius 1 is 1.39 bits per heavy atom. The van der Waals surface area contributed by atoms with Crippen LogP contribution in [0.4, 0.5) is 0 Å². The monoisotopic (exact) mass is 242 g/mol. The second-order valence-corrected chi connectivity index (χ2v) is 4.12. The number of rotatable bonds is 1. The molecule has 0 aliphatic heterocycles. The van der Waals surface area contributed by atoms with Crippen LogP contribution in [0.5, 0.6) is 0 Å². The number of ketones is 1. The van der Waals surface area contributed by atoms with Crippen molar-refractivity contribution in [1.29, 1.82) is 0 Å². The van der Waals surface area contributed by atoms with E-state index in [9.17, 15) is 9.59 Å². The number of carbonyl (C=O) groups excluding carboxylic acids is 2. The van der Waals surface area contributed by atoms with Crippen LogP contribution >= 0.6 is 0 Å². The van der Waals surface area contributed by atoms with Crippen LogP contribution in [0.25, 0.3) is 0 Å². The lowest BCUT2D eigenvalue weighted by Crippen LogP contribution is -2.10. The van der Waals surface area contributed by atoms with Gasteiger partial charge in [-0.2, -0.15) is 0 Å². The third kappa shape index (κ3) is 2.78. The fourth-order valence-corrected chi connectivity index (χ4v) is 2.00. The predicted octanol–water partition coefficient (Wildman–Crippen LogP) is 2.12. The number of hydrogen-bond donors (Lipinski definition) is 0. The summed E-state index contributed by atoms with van der Waals surface area (Å²) in [6, 6.07) is 5.52. The maximum absolute atomic E-state index is 11.7. The minimum atomic E-state index is -0.540. The van der Waals surface area contributed by atoms with Gasteiger partial charge in [0.15, 0.2) is 5.78 Å². The first kappa shape index (κ1) is 12.4. The van der Waals surface area contributed by atoms with Gasteiger partial charge in [0.25, 0.3) is 0 Å². The summed E-state index contributed by atoms with van der Waals surface area (Å²) in [5.74, 6) is 4.74. The lowest BCUT2D eigenvalue weighted by atomic mass is 9.89. The molecule has 0 saturated carbocycles. The van der Waals surface area contributed by atoms with Gasteiger partial charge < -0.3 is 4.74 Å². The third-order valence-corrected chi connectivity index (χ3v) is 2.84. The second kappa shape index (κ2) is 5.50. The van der Waals surface area contributed by atoms with Crippen LogP contribution in [-0.2, 0) is 16.0 Å². The molecule has 3 heteroatoms. The summed E-state index contributed by atoms with van der Waals surface area (Å²) in [6.45, 7) is 2.05. The Balaban J connectivity index is 2.23. The fraction of sp³-hybridized carbons (Fsp3) is 0.333. The standard InChI is InChI=1S/C15H14O3/c1-2-18-15(17)9-7-11-6-8-12-4-3-5-14(16)13(12)10-11/h6,8,10H,2-5H2,1H3. The first-order valence-corrected chi connectivity index (χ1v) is 6.05. The van der Waals surface area contributed by atoms with Gasteiger partial charge in [-0.05, 0) is 37.5 Å². The van der Waals surface area contributed by atoms with Gasteiger partial charge in [-0.3, -0.25) is 4.79 Å². The van der Waals surface area contributed by atoms with Gasteiger partial charge in [0, 0.05) is 23.5 Å². The number of benzene rings is 1. The van der Waals surface area contributed by atoms with Gasteiger partial charge in [-0.1, -0.05) is 12.0 Å². The Labute approximate surface area is 106 Å². The lowest BCUT2D eigenvalue weighted by molar-refractivity contribution is -0.136. The molecule has 0 aromatic heterocycles. The minimum absolute atomic E-state index is 0.163. The molecule has 0 atom stereocenters. The Morgan fingerprint density at radius 3 is 3.00 bits per heavy atom. The number of fused-ring (bicyclic) bond motifs is 1. The highest BCUT2D eigenvalue weighted by atomic mass is 16.5. The van der Waals surface area contributed by atoms with Gasteiger partial charge in [0.1, 0.15) is 0 Å². The van der Waals surface area contributed by atoms with E-state index in [2.05, 4.69) is 11.8 Å². The quantitative estimate of drug-likeness (QED) is 0.559. The van der Waals surface area contributed by atoms with Crippen LogP contribution in [0, 0.1) is 11.8 Å². The zero-order valence-corrected chi connectivity index (χ0v) is 10.3. The summed E-state index contributed by atoms with van der Waals surface area (Å²) in [5, 5.41) is 0. The number of hydrogen-bond acceptors (Lipinski definition) is 3. The molecule has 0 saturated heterocycles. The molecule has 0 fully saturated rings. The number of ether oxygens (including phenoxy) is 1. The van der Waals surface area contributed by atoms with Crippen molar-refractivity contribution in [3.05, 3.63) is 34.9 Å². The van der Waals surface area contributed by atoms with Gasteiger partial charge in [-0.15, -0.1) is 0 Å². The lowest BCUT2D eigenvalue weighted by Gasteiger charge is -2.14. The molecule has 1 aliphatic carbocycles. The van der Waals surface area contributed by atoms with Crippen LogP contribution in [0.2, 0.25) is 0 Å². The third-order valence-electron chi connectivity index (χ3n) is 2.84. The summed E-state index contributed by atoms with van der Waals surface area (Å²) in [6.07, 6.45) is 2.45. The predicted molar refractivity (Wildman–Crippen MR) is 67.2 cm³/mol. The van der Waals surface area contributed by atoms with E-state index in [-0.39, 0.29) is 5.78 Å². The van der Waals surface area contributed by atoms with Crippen LogP contribution in [0.1, 0.15) is 41.3 Å². The van der Waals surface area contributed by atoms with Crippen molar-refractivity contribution in [2.45, 2.75) is 26.2 Å². The Kier molecular flexibility index (Phi) is 3.78. The fourth-order valence-electron chi connectivity index (χ4n) is 2.00. The largest absolute Gasteiger partial charge is 0.456 e. The van der Waals surface area contributed by atoms with Crippen LogP contribution in [0.15, 0.2) is 18.2 Å². The van der Waals surface area contributed by atoms with Crippen LogP contribution < -0.4 is 0 Å². The average Bonchev–Trinajstić information content (AvgIpc) is 2.37. The summed E-state index contributed by atoms with van der Waals surface area (Å²) >= 11 is 0. The number of esters is 1. The van der Waals surface area contributed by atoms with Crippen molar-refractivity contribution in [1.82, 2.24) is 0 Å². The van der Waals surface area contributed by atoms with E-state index in [1.807, 2.05) is 12.1 Å². The topological polar surface area (TPSA) is 43.4 Å². The zero-order valence-electron chi connectivity index (χ0n) is 10.3. The van der Waals surface area contributed by atoms with Crippen molar-refractivity contribution >= 4 is 11.8 Å². The van der Waals surface area contributed by atoms with Crippen molar-refractivity contribution in [3.63, 3.8) is 0 Å². The van der Waals surface area contributed by atoms with E-state index < -0.39 is 5.97 Å². The Hall–Kier alpha value is -2.08. The smallest absolute Gasteiger partial charge is 0.384 e. The van der Waals surface area contributed by atoms with Gasteiger partial charge in [0.05, 0.1) is 6.61 Å². The Bertz CT molecular complexity index is 547. The molecule has 92 valence electrons. The van der Waals surface area contributed by atoms with Gasteiger partial charge >= 0.3 is 5.97 Å². The SMILES string of the molecule is CCOC(=O)C#Cc1ccc2c(c1)C(=O)CCC2. The number of aryl methyl sites for hydroxylation is 1. The summed E-state index contributed by atoms with van der Waals surface area (Å²) in [5.41, 5.74) is 2.50. The molecule has 1 aliphatic rings. The molecule has 2 rings (SSSR count). The first-order valence-electron chi connectivity index (χ1n) is 6.05. The normalized spacial score (nSPS) is 13.3. The van der Waals surface area contributed by atoms with Gasteiger partial charge in [0.2, 0.25) is 0 Å². The zero-order chi connectivity index (χ0) is 13.0. The molecule has 3 nitrogen and oxygen atoms in total. The van der Waals surface area contributed by atoms with Crippen molar-refractivity contribution in [3.8, 4) is 11.8 Å². The molecule has 0 radical (unpaired) electrons. The second-order valence-electron chi connectivity index (χ2n) is 4.12. The summed E-state index contributed by atoms with van der Waals surface area (Å²) in [7, 11) is 0. The van der Waals surface area contributed by atoms with E-state index in [4.69, 9.17) is 4.74 Å². The van der Waals surface area contributed by atoms with Crippen molar-refractivity contribution in [2.24, 2.45) is 0 Å². The maximum Gasteiger partial charge on any atom is 0.384 e. The van der Waals surface area contributed by atoms with Gasteiger partial charge in [-0.25, -0.2) is 4.79 Å². The van der Waals surface area contributed by atoms with E-state index in [0.717, 1.165) is 24.0 Å². The number of Topliss-reactive ketones (excluding diaryl/α,β-unsaturated/α-hetero) is 1. The molecular formula is C15H14O3. The maximum atomic E-state index is 11.7. The molecule has 1 aromatic rings. The van der Waals surface area contributed by atoms with E-state index in [1.165, 1.54) is 0 Å². The highest BCUT2D eigenvalue weighted by Crippen LogP contribution is 2.21. The minimum Gasteiger partial charge on any atom is -0.456 e. The van der Waals surface area contributed by atoms with E-state index >= 15 is 0 Å². The van der Waals surface area contributed by atoms with E-state index in [0.29, 0.717) is 18.6 Å². The molecule has 0 spiro atoms. The molecule has 0 bridgehead atoms. The Morgan fingerprint density at radius 2 is 2.22 bits per heavy atom. The van der Waals surface area contributed by atoms with Crippen molar-refractivity contribution < 1.29 is 14.3 Å². The molecule has 18 heavy (non-hydrogen) atoms. The average molecular weight is 242 g/mol. The number of carbonyl (C=O) groups is 2. The molecule has 0 unspecified atom stereocenters. The molecule has 0 heterocycles. The van der Waals surface area contributed by atoms with E-state index in [1.54, 1.807) is 13.0 Å². The molecule has 0 N–H and O–H groups in total. The summed E-state index contributed by atoms with van der Waals surface area (Å²) in [4.78, 5) is 22.8. The highest BCUT2D eigenvalue weighted by molar-refractivity contribution is 5.99. The highest BCUT2D eigenvalue weighted by Gasteiger charge is 2.16. The van der Waals surface area contributed by atoms with Crippen LogP contribution in [0.3, 0.4) is 0 Å². The molecule has 1 aromatic carbocycles. The van der Waals surface area contributed by atoms with Crippen LogP contribution in [-0.4, -0.2) is 18.4 Å².